The molecule has 1 aromatic rings. The molecule has 3 rings (SSSR count). The van der Waals surface area contributed by atoms with Gasteiger partial charge in [0.15, 0.2) is 0 Å². The summed E-state index contributed by atoms with van der Waals surface area (Å²) in [5.41, 5.74) is 1.03. The summed E-state index contributed by atoms with van der Waals surface area (Å²) in [6, 6.07) is 0. The number of likely N-dealkylation sites (tertiary alicyclic amines) is 1. The topological polar surface area (TPSA) is 64.4 Å². The second-order valence-electron chi connectivity index (χ2n) is 7.83. The molecule has 2 aliphatic rings. The Bertz CT molecular complexity index is 674. The number of hydrogen-bond donors (Lipinski definition) is 0. The first-order chi connectivity index (χ1) is 12.5. The summed E-state index contributed by atoms with van der Waals surface area (Å²) < 4.78 is 33.2. The Balaban J connectivity index is 1.74. The van der Waals surface area contributed by atoms with Crippen LogP contribution in [0.1, 0.15) is 57.6 Å². The molecule has 0 unspecified atom stereocenters. The Hall–Kier alpha value is -0.920. The predicted octanol–water partition coefficient (Wildman–Crippen LogP) is 2.87. The Kier molecular flexibility index (Phi) is 6.75. The maximum absolute atomic E-state index is 12.9. The Morgan fingerprint density at radius 3 is 2.54 bits per heavy atom. The van der Waals surface area contributed by atoms with Crippen molar-refractivity contribution < 1.29 is 13.2 Å². The van der Waals surface area contributed by atoms with E-state index in [1.165, 1.54) is 0 Å². The maximum Gasteiger partial charge on any atom is 0.227 e. The van der Waals surface area contributed by atoms with Gasteiger partial charge in [0.2, 0.25) is 15.0 Å². The van der Waals surface area contributed by atoms with Crippen molar-refractivity contribution in [3.63, 3.8) is 0 Å². The minimum absolute atomic E-state index is 0.259. The summed E-state index contributed by atoms with van der Waals surface area (Å²) >= 11 is 0. The molecule has 1 aliphatic carbocycles. The van der Waals surface area contributed by atoms with Crippen LogP contribution >= 0.6 is 0 Å². The summed E-state index contributed by atoms with van der Waals surface area (Å²) in [4.78, 5) is 6.76. The third kappa shape index (κ3) is 4.67. The highest BCUT2D eigenvalue weighted by Gasteiger charge is 2.30. The molecule has 0 aromatic carbocycles. The van der Waals surface area contributed by atoms with Crippen molar-refractivity contribution in [2.45, 2.75) is 76.2 Å². The number of imidazole rings is 1. The van der Waals surface area contributed by atoms with E-state index in [9.17, 15) is 8.42 Å². The van der Waals surface area contributed by atoms with Gasteiger partial charge in [-0.25, -0.2) is 13.4 Å². The zero-order valence-electron chi connectivity index (χ0n) is 16.2. The lowest BCUT2D eigenvalue weighted by molar-refractivity contribution is 0.0381. The maximum atomic E-state index is 12.9. The molecule has 0 N–H and O–H groups in total. The van der Waals surface area contributed by atoms with Crippen LogP contribution in [0.4, 0.5) is 0 Å². The van der Waals surface area contributed by atoms with Gasteiger partial charge >= 0.3 is 0 Å². The molecule has 1 saturated carbocycles. The third-order valence-electron chi connectivity index (χ3n) is 5.85. The second kappa shape index (κ2) is 8.85. The van der Waals surface area contributed by atoms with Crippen molar-refractivity contribution >= 4 is 9.84 Å². The molecule has 26 heavy (non-hydrogen) atoms. The molecule has 1 saturated heterocycles. The first-order valence-corrected chi connectivity index (χ1v) is 11.7. The number of hydrogen-bond acceptors (Lipinski definition) is 5. The smallest absolute Gasteiger partial charge is 0.227 e. The molecule has 0 amide bonds. The van der Waals surface area contributed by atoms with Crippen molar-refractivity contribution in [3.05, 3.63) is 11.9 Å². The van der Waals surface area contributed by atoms with Gasteiger partial charge in [0.25, 0.3) is 0 Å². The van der Waals surface area contributed by atoms with E-state index >= 15 is 0 Å². The molecule has 2 fully saturated rings. The zero-order chi connectivity index (χ0) is 18.6. The summed E-state index contributed by atoms with van der Waals surface area (Å²) in [7, 11) is -1.52. The molecule has 2 heterocycles. The van der Waals surface area contributed by atoms with Gasteiger partial charge in [-0.2, -0.15) is 0 Å². The van der Waals surface area contributed by atoms with Crippen LogP contribution in [-0.2, 0) is 27.7 Å². The summed E-state index contributed by atoms with van der Waals surface area (Å²) in [5, 5.41) is 0.291. The molecule has 0 bridgehead atoms. The molecule has 0 radical (unpaired) electrons. The average Bonchev–Trinajstić information content (AvgIpc) is 3.00. The van der Waals surface area contributed by atoms with E-state index in [-0.39, 0.29) is 5.75 Å². The Labute approximate surface area is 157 Å². The van der Waals surface area contributed by atoms with Crippen molar-refractivity contribution in [2.24, 2.45) is 5.92 Å². The zero-order valence-corrected chi connectivity index (χ0v) is 17.0. The highest BCUT2D eigenvalue weighted by Crippen LogP contribution is 2.30. The summed E-state index contributed by atoms with van der Waals surface area (Å²) in [6.45, 7) is 5.61. The molecule has 1 aromatic heterocycles. The van der Waals surface area contributed by atoms with Gasteiger partial charge in [0.05, 0.1) is 23.7 Å². The van der Waals surface area contributed by atoms with Crippen LogP contribution in [-0.4, -0.2) is 54.9 Å². The van der Waals surface area contributed by atoms with Crippen LogP contribution in [0.3, 0.4) is 0 Å². The fourth-order valence-electron chi connectivity index (χ4n) is 3.90. The van der Waals surface area contributed by atoms with Gasteiger partial charge in [-0.15, -0.1) is 0 Å². The largest absolute Gasteiger partial charge is 0.381 e. The van der Waals surface area contributed by atoms with Crippen LogP contribution in [0.5, 0.6) is 0 Å². The second-order valence-corrected chi connectivity index (χ2v) is 9.75. The molecule has 6 nitrogen and oxygen atoms in total. The number of rotatable bonds is 9. The molecule has 0 spiro atoms. The standard InChI is InChI=1S/C19H33N3O3S/c1-3-4-10-22-17(14-21-11-8-18(25-2)9-12-21)13-20-19(22)26(23,24)15-16-6-5-7-16/h13,16,18H,3-12,14-15H2,1-2H3. The minimum Gasteiger partial charge on any atom is -0.381 e. The van der Waals surface area contributed by atoms with Gasteiger partial charge in [0.1, 0.15) is 0 Å². The lowest BCUT2D eigenvalue weighted by Crippen LogP contribution is -2.36. The predicted molar refractivity (Wildman–Crippen MR) is 102 cm³/mol. The number of nitrogens with zero attached hydrogens (tertiary/aromatic N) is 3. The van der Waals surface area contributed by atoms with E-state index in [0.717, 1.165) is 76.8 Å². The van der Waals surface area contributed by atoms with Crippen LogP contribution in [0.25, 0.3) is 0 Å². The van der Waals surface area contributed by atoms with Gasteiger partial charge in [0, 0.05) is 33.3 Å². The van der Waals surface area contributed by atoms with Crippen molar-refractivity contribution in [1.29, 1.82) is 0 Å². The average molecular weight is 384 g/mol. The van der Waals surface area contributed by atoms with E-state index in [2.05, 4.69) is 16.8 Å². The fourth-order valence-corrected chi connectivity index (χ4v) is 5.76. The number of ether oxygens (including phenoxy) is 1. The molecule has 1 aliphatic heterocycles. The third-order valence-corrected chi connectivity index (χ3v) is 7.64. The first-order valence-electron chi connectivity index (χ1n) is 10.1. The van der Waals surface area contributed by atoms with Gasteiger partial charge < -0.3 is 9.30 Å². The lowest BCUT2D eigenvalue weighted by Gasteiger charge is -2.31. The SMILES string of the molecule is CCCCn1c(CN2CCC(OC)CC2)cnc1S(=O)(=O)CC1CCC1. The monoisotopic (exact) mass is 383 g/mol. The number of methoxy groups -OCH3 is 1. The van der Waals surface area contributed by atoms with Crippen molar-refractivity contribution in [3.8, 4) is 0 Å². The lowest BCUT2D eigenvalue weighted by atomic mass is 9.87. The fraction of sp³-hybridized carbons (Fsp3) is 0.842. The minimum atomic E-state index is -3.30. The van der Waals surface area contributed by atoms with Gasteiger partial charge in [-0.05, 0) is 38.0 Å². The van der Waals surface area contributed by atoms with Crippen LogP contribution in [0.15, 0.2) is 11.4 Å². The summed E-state index contributed by atoms with van der Waals surface area (Å²) in [5.74, 6) is 0.585. The molecule has 7 heteroatoms. The number of aromatic nitrogens is 2. The summed E-state index contributed by atoms with van der Waals surface area (Å²) in [6.07, 6.45) is 9.46. The Morgan fingerprint density at radius 2 is 1.96 bits per heavy atom. The quantitative estimate of drug-likeness (QED) is 0.656. The van der Waals surface area contributed by atoms with E-state index < -0.39 is 9.84 Å². The number of sulfone groups is 1. The van der Waals surface area contributed by atoms with Gasteiger partial charge in [-0.1, -0.05) is 19.8 Å². The van der Waals surface area contributed by atoms with E-state index in [4.69, 9.17) is 4.74 Å². The molecule has 0 atom stereocenters. The normalized spacial score (nSPS) is 20.4. The highest BCUT2D eigenvalue weighted by molar-refractivity contribution is 7.91. The van der Waals surface area contributed by atoms with Crippen LogP contribution in [0, 0.1) is 5.92 Å². The number of unbranched alkanes of at least 4 members (excludes halogenated alkanes) is 1. The van der Waals surface area contributed by atoms with E-state index in [1.807, 2.05) is 4.57 Å². The van der Waals surface area contributed by atoms with Crippen LogP contribution < -0.4 is 0 Å². The molecular weight excluding hydrogens is 350 g/mol. The van der Waals surface area contributed by atoms with E-state index in [0.29, 0.717) is 17.2 Å². The molecular formula is C19H33N3O3S. The van der Waals surface area contributed by atoms with E-state index in [1.54, 1.807) is 13.3 Å². The number of piperidine rings is 1. The van der Waals surface area contributed by atoms with Crippen LogP contribution in [0.2, 0.25) is 0 Å². The molecule has 148 valence electrons. The first kappa shape index (κ1) is 19.8. The van der Waals surface area contributed by atoms with Crippen molar-refractivity contribution in [2.75, 3.05) is 26.0 Å². The Morgan fingerprint density at radius 1 is 1.23 bits per heavy atom. The van der Waals surface area contributed by atoms with Crippen molar-refractivity contribution in [1.82, 2.24) is 14.5 Å². The van der Waals surface area contributed by atoms with Gasteiger partial charge in [-0.3, -0.25) is 4.90 Å². The highest BCUT2D eigenvalue weighted by atomic mass is 32.2.